The zero-order valence-corrected chi connectivity index (χ0v) is 36.9. The van der Waals surface area contributed by atoms with Gasteiger partial charge in [-0.25, -0.2) is 4.99 Å². The Morgan fingerprint density at radius 2 is 1.13 bits per heavy atom. The first-order chi connectivity index (χ1) is 33.1. The van der Waals surface area contributed by atoms with Gasteiger partial charge in [-0.1, -0.05) is 171 Å². The summed E-state index contributed by atoms with van der Waals surface area (Å²) in [7, 11) is 0. The van der Waals surface area contributed by atoms with Crippen molar-refractivity contribution in [2.75, 3.05) is 0 Å². The van der Waals surface area contributed by atoms with E-state index in [1.54, 1.807) is 0 Å². The van der Waals surface area contributed by atoms with Crippen LogP contribution in [0.2, 0.25) is 0 Å². The third-order valence-electron chi connectivity index (χ3n) is 14.8. The van der Waals surface area contributed by atoms with Crippen molar-refractivity contribution in [3.8, 4) is 11.4 Å². The molecule has 3 aliphatic rings. The summed E-state index contributed by atoms with van der Waals surface area (Å²) in [5.41, 5.74) is 12.8. The van der Waals surface area contributed by atoms with Crippen LogP contribution in [0.4, 0.5) is 0 Å². The van der Waals surface area contributed by atoms with E-state index in [9.17, 15) is 0 Å². The predicted molar refractivity (Wildman–Crippen MR) is 279 cm³/mol. The maximum Gasteiger partial charge on any atom is 0.131 e. The minimum Gasteiger partial charge on any atom is -0.350 e. The molecule has 67 heavy (non-hydrogen) atoms. The van der Waals surface area contributed by atoms with Gasteiger partial charge in [0.05, 0.1) is 22.1 Å². The van der Waals surface area contributed by atoms with Crippen molar-refractivity contribution in [2.45, 2.75) is 25.2 Å². The Labute approximate surface area is 388 Å². The van der Waals surface area contributed by atoms with Gasteiger partial charge in [0.1, 0.15) is 18.2 Å². The van der Waals surface area contributed by atoms with Crippen LogP contribution < -0.4 is 10.6 Å². The van der Waals surface area contributed by atoms with Gasteiger partial charge < -0.3 is 14.5 Å². The third kappa shape index (κ3) is 5.88. The lowest BCUT2D eigenvalue weighted by atomic mass is 9.62. The molecule has 0 saturated carbocycles. The first-order valence-electron chi connectivity index (χ1n) is 23.4. The number of aliphatic imine (C=N–C) groups is 1. The van der Waals surface area contributed by atoms with E-state index in [4.69, 9.17) is 4.99 Å². The number of hydrogen-bond acceptors (Lipinski definition) is 3. The Morgan fingerprint density at radius 3 is 1.91 bits per heavy atom. The fourth-order valence-corrected chi connectivity index (χ4v) is 11.6. The number of amidine groups is 1. The van der Waals surface area contributed by atoms with Gasteiger partial charge in [-0.3, -0.25) is 5.32 Å². The van der Waals surface area contributed by atoms with Crippen molar-refractivity contribution >= 4 is 77.1 Å². The van der Waals surface area contributed by atoms with Crippen molar-refractivity contribution < 1.29 is 0 Å². The smallest absolute Gasteiger partial charge is 0.131 e. The molecule has 1 aliphatic heterocycles. The van der Waals surface area contributed by atoms with E-state index in [1.165, 1.54) is 76.3 Å². The molecule has 11 aromatic rings. The quantitative estimate of drug-likeness (QED) is 0.181. The fourth-order valence-electron chi connectivity index (χ4n) is 11.6. The summed E-state index contributed by atoms with van der Waals surface area (Å²) in [5.74, 6) is 1.09. The van der Waals surface area contributed by atoms with E-state index in [0.29, 0.717) is 0 Å². The average Bonchev–Trinajstić information content (AvgIpc) is 3.88. The largest absolute Gasteiger partial charge is 0.350 e. The first kappa shape index (κ1) is 38.1. The van der Waals surface area contributed by atoms with Crippen LogP contribution in [-0.2, 0) is 0 Å². The molecule has 9 aromatic carbocycles. The molecule has 2 N–H and O–H groups in total. The molecule has 5 heteroatoms. The van der Waals surface area contributed by atoms with Gasteiger partial charge in [-0.2, -0.15) is 0 Å². The zero-order chi connectivity index (χ0) is 44.2. The van der Waals surface area contributed by atoms with Crippen LogP contribution in [0.3, 0.4) is 0 Å². The van der Waals surface area contributed by atoms with Crippen molar-refractivity contribution in [2.24, 2.45) is 10.4 Å². The standard InChI is InChI=1S/C62H45N5/c1-62-31-14-13-27-53(62)48-25-10-9-22-44(48)35-54(62)61-64-59(39-16-3-2-4-17-39)63-60(65-61)45-23-15-24-46(32-45)66-56-30-29-47(38-52(56)51-34-41-19-6-8-21-43(41)37-58(51)66)67-55-28-12-11-26-49(55)50-33-40-18-5-7-20-42(40)36-57(50)67/h2-38,53,60-61,65H,1H3,(H,63,64). The Morgan fingerprint density at radius 1 is 0.507 bits per heavy atom. The number of benzene rings is 9. The van der Waals surface area contributed by atoms with E-state index in [2.05, 4.69) is 251 Å². The molecule has 0 bridgehead atoms. The van der Waals surface area contributed by atoms with Crippen molar-refractivity contribution in [3.05, 3.63) is 246 Å². The van der Waals surface area contributed by atoms with E-state index in [-0.39, 0.29) is 23.7 Å². The fraction of sp³-hybridized carbons (Fsp3) is 0.0806. The van der Waals surface area contributed by atoms with E-state index in [0.717, 1.165) is 33.9 Å². The van der Waals surface area contributed by atoms with Crippen molar-refractivity contribution in [1.29, 1.82) is 0 Å². The molecule has 0 saturated heterocycles. The van der Waals surface area contributed by atoms with Crippen LogP contribution in [0.5, 0.6) is 0 Å². The first-order valence-corrected chi connectivity index (χ1v) is 23.4. The minimum absolute atomic E-state index is 0.212. The number of fused-ring (bicyclic) bond motifs is 11. The highest BCUT2D eigenvalue weighted by molar-refractivity contribution is 6.16. The summed E-state index contributed by atoms with van der Waals surface area (Å²) in [6.07, 6.45) is 11.0. The van der Waals surface area contributed by atoms with Crippen LogP contribution in [-0.4, -0.2) is 21.1 Å². The van der Waals surface area contributed by atoms with Gasteiger partial charge in [0.2, 0.25) is 0 Å². The number of aromatic nitrogens is 2. The lowest BCUT2D eigenvalue weighted by Crippen LogP contribution is -2.51. The van der Waals surface area contributed by atoms with Crippen LogP contribution in [0.25, 0.3) is 82.6 Å². The molecule has 4 unspecified atom stereocenters. The normalized spacial score (nSPS) is 20.0. The van der Waals surface area contributed by atoms with Gasteiger partial charge in [0.25, 0.3) is 0 Å². The highest BCUT2D eigenvalue weighted by atomic mass is 15.3. The molecule has 2 aliphatic carbocycles. The van der Waals surface area contributed by atoms with Crippen LogP contribution in [0.1, 0.15) is 41.3 Å². The highest BCUT2D eigenvalue weighted by Gasteiger charge is 2.44. The highest BCUT2D eigenvalue weighted by Crippen LogP contribution is 2.52. The van der Waals surface area contributed by atoms with Crippen LogP contribution in [0, 0.1) is 5.41 Å². The lowest BCUT2D eigenvalue weighted by Gasteiger charge is -2.45. The van der Waals surface area contributed by atoms with Gasteiger partial charge in [0.15, 0.2) is 0 Å². The number of hydrogen-bond donors (Lipinski definition) is 2. The number of nitrogens with zero attached hydrogens (tertiary/aromatic N) is 3. The van der Waals surface area contributed by atoms with Crippen molar-refractivity contribution in [1.82, 2.24) is 19.8 Å². The van der Waals surface area contributed by atoms with E-state index >= 15 is 0 Å². The molecule has 0 fully saturated rings. The minimum atomic E-state index is -0.279. The van der Waals surface area contributed by atoms with Gasteiger partial charge in [-0.15, -0.1) is 0 Å². The van der Waals surface area contributed by atoms with Crippen LogP contribution in [0.15, 0.2) is 229 Å². The van der Waals surface area contributed by atoms with E-state index < -0.39 is 0 Å². The Kier molecular flexibility index (Phi) is 8.31. The molecule has 2 aromatic heterocycles. The molecule has 4 atom stereocenters. The maximum absolute atomic E-state index is 5.49. The van der Waals surface area contributed by atoms with Gasteiger partial charge >= 0.3 is 0 Å². The third-order valence-corrected chi connectivity index (χ3v) is 14.8. The molecule has 14 rings (SSSR count). The lowest BCUT2D eigenvalue weighted by molar-refractivity contribution is 0.358. The second-order valence-corrected chi connectivity index (χ2v) is 18.6. The summed E-state index contributed by atoms with van der Waals surface area (Å²) in [5, 5.41) is 17.8. The molecule has 0 radical (unpaired) electrons. The molecule has 318 valence electrons. The summed E-state index contributed by atoms with van der Waals surface area (Å²) in [4.78, 5) is 5.49. The molecular weight excluding hydrogens is 815 g/mol. The molecule has 3 heterocycles. The van der Waals surface area contributed by atoms with Gasteiger partial charge in [0, 0.05) is 49.8 Å². The number of allylic oxidation sites excluding steroid dienone is 4. The zero-order valence-electron chi connectivity index (χ0n) is 36.9. The summed E-state index contributed by atoms with van der Waals surface area (Å²) >= 11 is 0. The van der Waals surface area contributed by atoms with E-state index in [1.807, 2.05) is 0 Å². The SMILES string of the molecule is CC12C=CC=CC1c1ccccc1C=C2C1N=C(c2ccccc2)NC(c2cccc(-n3c4ccc(-n5c6ccccc6c6cc7ccccc7cc65)cc4c4cc5ccccc5cc43)c2)N1. The predicted octanol–water partition coefficient (Wildman–Crippen LogP) is 14.5. The van der Waals surface area contributed by atoms with Gasteiger partial charge in [-0.05, 0) is 104 Å². The van der Waals surface area contributed by atoms with Crippen molar-refractivity contribution in [3.63, 3.8) is 0 Å². The topological polar surface area (TPSA) is 46.3 Å². The average molecular weight is 860 g/mol. The summed E-state index contributed by atoms with van der Waals surface area (Å²) in [6.45, 7) is 2.37. The number of rotatable bonds is 5. The number of nitrogens with one attached hydrogen (secondary N) is 2. The summed E-state index contributed by atoms with van der Waals surface area (Å²) in [6, 6.07) is 71.2. The second kappa shape index (κ2) is 14.6. The second-order valence-electron chi connectivity index (χ2n) is 18.6. The van der Waals surface area contributed by atoms with Crippen LogP contribution >= 0.6 is 0 Å². The molecule has 0 spiro atoms. The molecular formula is C62H45N5. The monoisotopic (exact) mass is 859 g/mol. The Hall–Kier alpha value is -8.25. The summed E-state index contributed by atoms with van der Waals surface area (Å²) < 4.78 is 4.91. The number of para-hydroxylation sites is 1. The molecule has 0 amide bonds. The molecule has 5 nitrogen and oxygen atoms in total. The Bertz CT molecular complexity index is 3970. The maximum atomic E-state index is 5.49. The Balaban J connectivity index is 0.933.